The molecule has 1 aliphatic carbocycles. The quantitative estimate of drug-likeness (QED) is 0.795. The van der Waals surface area contributed by atoms with Gasteiger partial charge in [-0.05, 0) is 51.1 Å². The van der Waals surface area contributed by atoms with Crippen molar-refractivity contribution in [2.45, 2.75) is 45.4 Å². The monoisotopic (exact) mass is 238 g/mol. The number of rotatable bonds is 5. The van der Waals surface area contributed by atoms with Crippen molar-refractivity contribution < 1.29 is 4.79 Å². The SMILES string of the molecule is CCCN(CC1CCNCC1)C(=O)C1CCC1. The average molecular weight is 238 g/mol. The third-order valence-corrected chi connectivity index (χ3v) is 4.20. The lowest BCUT2D eigenvalue weighted by Gasteiger charge is -2.35. The van der Waals surface area contributed by atoms with E-state index in [0.717, 1.165) is 51.4 Å². The summed E-state index contributed by atoms with van der Waals surface area (Å²) in [5.74, 6) is 1.53. The fourth-order valence-corrected chi connectivity index (χ4v) is 2.85. The van der Waals surface area contributed by atoms with Crippen LogP contribution in [0.5, 0.6) is 0 Å². The first-order valence-corrected chi connectivity index (χ1v) is 7.30. The summed E-state index contributed by atoms with van der Waals surface area (Å²) < 4.78 is 0. The highest BCUT2D eigenvalue weighted by molar-refractivity contribution is 5.79. The van der Waals surface area contributed by atoms with Crippen LogP contribution < -0.4 is 5.32 Å². The Morgan fingerprint density at radius 3 is 2.47 bits per heavy atom. The summed E-state index contributed by atoms with van der Waals surface area (Å²) in [4.78, 5) is 14.5. The fourth-order valence-electron chi connectivity index (χ4n) is 2.85. The Morgan fingerprint density at radius 2 is 1.94 bits per heavy atom. The molecule has 3 nitrogen and oxygen atoms in total. The number of hydrogen-bond acceptors (Lipinski definition) is 2. The van der Waals surface area contributed by atoms with Crippen molar-refractivity contribution in [2.24, 2.45) is 11.8 Å². The van der Waals surface area contributed by atoms with E-state index in [1.165, 1.54) is 19.3 Å². The number of hydrogen-bond donors (Lipinski definition) is 1. The van der Waals surface area contributed by atoms with Gasteiger partial charge in [-0.25, -0.2) is 0 Å². The number of amides is 1. The number of carbonyl (C=O) groups is 1. The molecular weight excluding hydrogens is 212 g/mol. The first kappa shape index (κ1) is 12.9. The second-order valence-corrected chi connectivity index (χ2v) is 5.61. The lowest BCUT2D eigenvalue weighted by molar-refractivity contribution is -0.139. The zero-order valence-corrected chi connectivity index (χ0v) is 11.1. The number of piperidine rings is 1. The third kappa shape index (κ3) is 3.44. The minimum atomic E-state index is 0.364. The minimum Gasteiger partial charge on any atom is -0.342 e. The molecule has 1 amide bonds. The van der Waals surface area contributed by atoms with Crippen LogP contribution in [0.15, 0.2) is 0 Å². The molecule has 0 aromatic heterocycles. The van der Waals surface area contributed by atoms with Crippen LogP contribution in [0.2, 0.25) is 0 Å². The van der Waals surface area contributed by atoms with Crippen molar-refractivity contribution in [3.63, 3.8) is 0 Å². The van der Waals surface area contributed by atoms with E-state index in [1.807, 2.05) is 0 Å². The van der Waals surface area contributed by atoms with Crippen LogP contribution >= 0.6 is 0 Å². The summed E-state index contributed by atoms with van der Waals surface area (Å²) in [5, 5.41) is 3.39. The van der Waals surface area contributed by atoms with Gasteiger partial charge in [-0.15, -0.1) is 0 Å². The van der Waals surface area contributed by atoms with Crippen LogP contribution in [0.3, 0.4) is 0 Å². The summed E-state index contributed by atoms with van der Waals surface area (Å²) in [6.07, 6.45) is 7.07. The van der Waals surface area contributed by atoms with Gasteiger partial charge >= 0.3 is 0 Å². The van der Waals surface area contributed by atoms with Crippen LogP contribution in [0.4, 0.5) is 0 Å². The molecule has 2 aliphatic rings. The van der Waals surface area contributed by atoms with Gasteiger partial charge in [-0.2, -0.15) is 0 Å². The second-order valence-electron chi connectivity index (χ2n) is 5.61. The zero-order chi connectivity index (χ0) is 12.1. The minimum absolute atomic E-state index is 0.364. The van der Waals surface area contributed by atoms with E-state index in [2.05, 4.69) is 17.1 Å². The van der Waals surface area contributed by atoms with E-state index < -0.39 is 0 Å². The van der Waals surface area contributed by atoms with E-state index in [1.54, 1.807) is 0 Å². The van der Waals surface area contributed by atoms with Gasteiger partial charge in [0.1, 0.15) is 0 Å². The summed E-state index contributed by atoms with van der Waals surface area (Å²) >= 11 is 0. The molecule has 0 atom stereocenters. The lowest BCUT2D eigenvalue weighted by Crippen LogP contribution is -2.43. The molecular formula is C14H26N2O. The van der Waals surface area contributed by atoms with Gasteiger partial charge in [0, 0.05) is 19.0 Å². The molecule has 2 rings (SSSR count). The van der Waals surface area contributed by atoms with Gasteiger partial charge in [0.2, 0.25) is 5.91 Å². The van der Waals surface area contributed by atoms with Gasteiger partial charge < -0.3 is 10.2 Å². The number of nitrogens with zero attached hydrogens (tertiary/aromatic N) is 1. The summed E-state index contributed by atoms with van der Waals surface area (Å²) in [6.45, 7) is 6.39. The van der Waals surface area contributed by atoms with Crippen molar-refractivity contribution in [1.29, 1.82) is 0 Å². The first-order valence-electron chi connectivity index (χ1n) is 7.30. The first-order chi connectivity index (χ1) is 8.31. The molecule has 0 bridgehead atoms. The highest BCUT2D eigenvalue weighted by atomic mass is 16.2. The fraction of sp³-hybridized carbons (Fsp3) is 0.929. The Kier molecular flexibility index (Phi) is 4.84. The standard InChI is InChI=1S/C14H26N2O/c1-2-10-16(14(17)13-4-3-5-13)11-12-6-8-15-9-7-12/h12-13,15H,2-11H2,1H3. The van der Waals surface area contributed by atoms with Gasteiger partial charge in [0.05, 0.1) is 0 Å². The molecule has 0 aromatic rings. The van der Waals surface area contributed by atoms with Crippen molar-refractivity contribution in [3.05, 3.63) is 0 Å². The van der Waals surface area contributed by atoms with Crippen LogP contribution in [0.25, 0.3) is 0 Å². The maximum absolute atomic E-state index is 12.3. The van der Waals surface area contributed by atoms with E-state index in [-0.39, 0.29) is 0 Å². The van der Waals surface area contributed by atoms with Gasteiger partial charge in [0.25, 0.3) is 0 Å². The maximum Gasteiger partial charge on any atom is 0.225 e. The number of carbonyl (C=O) groups excluding carboxylic acids is 1. The molecule has 1 aliphatic heterocycles. The highest BCUT2D eigenvalue weighted by Crippen LogP contribution is 2.29. The molecule has 0 radical (unpaired) electrons. The highest BCUT2D eigenvalue weighted by Gasteiger charge is 2.30. The Balaban J connectivity index is 1.84. The Labute approximate surface area is 105 Å². The van der Waals surface area contributed by atoms with Crippen LogP contribution in [-0.4, -0.2) is 37.0 Å². The molecule has 0 spiro atoms. The van der Waals surface area contributed by atoms with Gasteiger partial charge in [-0.1, -0.05) is 13.3 Å². The van der Waals surface area contributed by atoms with E-state index in [9.17, 15) is 4.79 Å². The molecule has 1 heterocycles. The third-order valence-electron chi connectivity index (χ3n) is 4.20. The predicted octanol–water partition coefficient (Wildman–Crippen LogP) is 2.02. The van der Waals surface area contributed by atoms with E-state index in [4.69, 9.17) is 0 Å². The summed E-state index contributed by atoms with van der Waals surface area (Å²) in [5.41, 5.74) is 0. The molecule has 3 heteroatoms. The normalized spacial score (nSPS) is 22.2. The second kappa shape index (κ2) is 6.39. The van der Waals surface area contributed by atoms with E-state index >= 15 is 0 Å². The zero-order valence-electron chi connectivity index (χ0n) is 11.1. The molecule has 1 N–H and O–H groups in total. The number of nitrogens with one attached hydrogen (secondary N) is 1. The Morgan fingerprint density at radius 1 is 1.24 bits per heavy atom. The Bertz CT molecular complexity index is 245. The lowest BCUT2D eigenvalue weighted by atomic mass is 9.84. The molecule has 98 valence electrons. The molecule has 17 heavy (non-hydrogen) atoms. The van der Waals surface area contributed by atoms with Crippen molar-refractivity contribution >= 4 is 5.91 Å². The van der Waals surface area contributed by atoms with Crippen molar-refractivity contribution in [2.75, 3.05) is 26.2 Å². The van der Waals surface area contributed by atoms with Crippen molar-refractivity contribution in [1.82, 2.24) is 10.2 Å². The maximum atomic E-state index is 12.3. The molecule has 0 aromatic carbocycles. The largest absolute Gasteiger partial charge is 0.342 e. The van der Waals surface area contributed by atoms with Crippen LogP contribution in [0.1, 0.15) is 45.4 Å². The van der Waals surface area contributed by atoms with Crippen molar-refractivity contribution in [3.8, 4) is 0 Å². The van der Waals surface area contributed by atoms with Gasteiger partial charge in [0.15, 0.2) is 0 Å². The van der Waals surface area contributed by atoms with Crippen LogP contribution in [0, 0.1) is 11.8 Å². The summed E-state index contributed by atoms with van der Waals surface area (Å²) in [6, 6.07) is 0. The predicted molar refractivity (Wildman–Crippen MR) is 69.8 cm³/mol. The topological polar surface area (TPSA) is 32.3 Å². The van der Waals surface area contributed by atoms with Crippen LogP contribution in [-0.2, 0) is 4.79 Å². The average Bonchev–Trinajstić information content (AvgIpc) is 2.27. The van der Waals surface area contributed by atoms with Gasteiger partial charge in [-0.3, -0.25) is 4.79 Å². The molecule has 1 saturated carbocycles. The summed E-state index contributed by atoms with van der Waals surface area (Å²) in [7, 11) is 0. The van der Waals surface area contributed by atoms with E-state index in [0.29, 0.717) is 11.8 Å². The molecule has 1 saturated heterocycles. The molecule has 0 unspecified atom stereocenters. The smallest absolute Gasteiger partial charge is 0.225 e. The molecule has 2 fully saturated rings. The Hall–Kier alpha value is -0.570.